The number of nitrogens with two attached hydrogens (primary N) is 2. The van der Waals surface area contributed by atoms with E-state index in [-0.39, 0.29) is 0 Å². The van der Waals surface area contributed by atoms with Crippen molar-refractivity contribution < 1.29 is 0 Å². The molecule has 4 N–H and O–H groups in total. The van der Waals surface area contributed by atoms with Crippen LogP contribution in [0.1, 0.15) is 29.9 Å². The zero-order chi connectivity index (χ0) is 12.4. The van der Waals surface area contributed by atoms with Crippen molar-refractivity contribution in [2.24, 2.45) is 0 Å². The molecule has 2 rings (SSSR count). The summed E-state index contributed by atoms with van der Waals surface area (Å²) in [4.78, 5) is 4.39. The van der Waals surface area contributed by atoms with Gasteiger partial charge >= 0.3 is 0 Å². The molecule has 1 unspecified atom stereocenters. The van der Waals surface area contributed by atoms with Gasteiger partial charge in [0.15, 0.2) is 0 Å². The summed E-state index contributed by atoms with van der Waals surface area (Å²) in [6.07, 6.45) is 0.806. The lowest BCUT2D eigenvalue weighted by Gasteiger charge is -2.10. The predicted molar refractivity (Wildman–Crippen MR) is 70.1 cm³/mol. The van der Waals surface area contributed by atoms with E-state index in [0.29, 0.717) is 11.7 Å². The van der Waals surface area contributed by atoms with E-state index in [1.807, 2.05) is 25.1 Å². The second-order valence-electron chi connectivity index (χ2n) is 4.38. The van der Waals surface area contributed by atoms with E-state index in [9.17, 15) is 0 Å². The number of nitrogens with zero attached hydrogens (tertiary/aromatic N) is 2. The molecule has 4 heteroatoms. The molecule has 17 heavy (non-hydrogen) atoms. The molecule has 0 aliphatic heterocycles. The van der Waals surface area contributed by atoms with Crippen LogP contribution in [0.2, 0.25) is 0 Å². The van der Waals surface area contributed by atoms with Crippen LogP contribution in [0.3, 0.4) is 0 Å². The van der Waals surface area contributed by atoms with Crippen LogP contribution in [0.15, 0.2) is 30.3 Å². The van der Waals surface area contributed by atoms with E-state index in [1.54, 1.807) is 0 Å². The van der Waals surface area contributed by atoms with Gasteiger partial charge in [-0.3, -0.25) is 0 Å². The number of aryl methyl sites for hydroxylation is 1. The molecule has 0 aliphatic carbocycles. The lowest BCUT2D eigenvalue weighted by atomic mass is 9.96. The Labute approximate surface area is 101 Å². The van der Waals surface area contributed by atoms with Gasteiger partial charge in [0.1, 0.15) is 11.6 Å². The van der Waals surface area contributed by atoms with Gasteiger partial charge in [-0.2, -0.15) is 0 Å². The Hall–Kier alpha value is -1.97. The number of imidazole rings is 1. The topological polar surface area (TPSA) is 69.9 Å². The van der Waals surface area contributed by atoms with Gasteiger partial charge in [-0.15, -0.1) is 0 Å². The van der Waals surface area contributed by atoms with Crippen LogP contribution in [0.4, 0.5) is 5.82 Å². The maximum Gasteiger partial charge on any atom is 0.145 e. The molecule has 1 heterocycles. The summed E-state index contributed by atoms with van der Waals surface area (Å²) >= 11 is 0. The number of rotatable bonds is 3. The quantitative estimate of drug-likeness (QED) is 0.790. The van der Waals surface area contributed by atoms with E-state index in [2.05, 4.69) is 24.0 Å². The first-order chi connectivity index (χ1) is 8.09. The fourth-order valence-electron chi connectivity index (χ4n) is 1.96. The lowest BCUT2D eigenvalue weighted by molar-refractivity contribution is 0.745. The Morgan fingerprint density at radius 3 is 2.47 bits per heavy atom. The van der Waals surface area contributed by atoms with E-state index in [1.165, 1.54) is 10.2 Å². The van der Waals surface area contributed by atoms with E-state index in [4.69, 9.17) is 11.6 Å². The maximum atomic E-state index is 5.91. The van der Waals surface area contributed by atoms with E-state index >= 15 is 0 Å². The molecule has 1 atom stereocenters. The monoisotopic (exact) mass is 230 g/mol. The van der Waals surface area contributed by atoms with Crippen molar-refractivity contribution in [1.29, 1.82) is 0 Å². The van der Waals surface area contributed by atoms with Gasteiger partial charge in [0.25, 0.3) is 0 Å². The summed E-state index contributed by atoms with van der Waals surface area (Å²) in [6.45, 7) is 4.02. The summed E-state index contributed by atoms with van der Waals surface area (Å²) in [5.74, 6) is 7.44. The highest BCUT2D eigenvalue weighted by Gasteiger charge is 2.14. The summed E-state index contributed by atoms with van der Waals surface area (Å²) in [5.41, 5.74) is 8.07. The molecule has 2 aromatic rings. The third kappa shape index (κ3) is 2.25. The first-order valence-electron chi connectivity index (χ1n) is 5.73. The Balaban J connectivity index is 2.19. The highest BCUT2D eigenvalue weighted by Crippen LogP contribution is 2.22. The smallest absolute Gasteiger partial charge is 0.145 e. The van der Waals surface area contributed by atoms with Crippen LogP contribution in [0, 0.1) is 6.92 Å². The Kier molecular flexibility index (Phi) is 3.04. The molecule has 4 nitrogen and oxygen atoms in total. The van der Waals surface area contributed by atoms with Crippen molar-refractivity contribution in [3.8, 4) is 0 Å². The van der Waals surface area contributed by atoms with Crippen molar-refractivity contribution in [3.63, 3.8) is 0 Å². The van der Waals surface area contributed by atoms with Crippen molar-refractivity contribution in [1.82, 2.24) is 9.66 Å². The highest BCUT2D eigenvalue weighted by molar-refractivity contribution is 5.39. The van der Waals surface area contributed by atoms with Gasteiger partial charge < -0.3 is 11.6 Å². The standard InChI is InChI=1S/C13H18N4/c1-9(11-6-4-3-5-7-11)8-12-13(14)17(15)10(2)16-12/h3-7,9H,8,14-15H2,1-2H3. The van der Waals surface area contributed by atoms with Gasteiger partial charge in [0, 0.05) is 6.42 Å². The van der Waals surface area contributed by atoms with Crippen LogP contribution in [0.25, 0.3) is 0 Å². The Morgan fingerprint density at radius 1 is 1.29 bits per heavy atom. The minimum absolute atomic E-state index is 0.382. The summed E-state index contributed by atoms with van der Waals surface area (Å²) < 4.78 is 1.44. The van der Waals surface area contributed by atoms with E-state index in [0.717, 1.165) is 17.9 Å². The minimum Gasteiger partial charge on any atom is -0.382 e. The number of hydrogen-bond donors (Lipinski definition) is 2. The van der Waals surface area contributed by atoms with Crippen LogP contribution >= 0.6 is 0 Å². The van der Waals surface area contributed by atoms with Crippen molar-refractivity contribution in [3.05, 3.63) is 47.4 Å². The second kappa shape index (κ2) is 4.49. The third-order valence-corrected chi connectivity index (χ3v) is 3.07. The van der Waals surface area contributed by atoms with Crippen LogP contribution in [-0.4, -0.2) is 9.66 Å². The number of benzene rings is 1. The van der Waals surface area contributed by atoms with Crippen LogP contribution < -0.4 is 11.6 Å². The molecule has 0 spiro atoms. The molecule has 1 aromatic heterocycles. The summed E-state index contributed by atoms with van der Waals surface area (Å²) in [6, 6.07) is 10.3. The highest BCUT2D eigenvalue weighted by atomic mass is 15.4. The number of anilines is 1. The first kappa shape index (κ1) is 11.5. The van der Waals surface area contributed by atoms with Gasteiger partial charge in [-0.25, -0.2) is 9.66 Å². The molecule has 0 amide bonds. The number of aromatic nitrogens is 2. The predicted octanol–water partition coefficient (Wildman–Crippen LogP) is 1.83. The SMILES string of the molecule is Cc1nc(CC(C)c2ccccc2)c(N)n1N. The average molecular weight is 230 g/mol. The van der Waals surface area contributed by atoms with Crippen LogP contribution in [-0.2, 0) is 6.42 Å². The fourth-order valence-corrected chi connectivity index (χ4v) is 1.96. The van der Waals surface area contributed by atoms with Gasteiger partial charge in [0.05, 0.1) is 5.69 Å². The molecule has 90 valence electrons. The average Bonchev–Trinajstić information content (AvgIpc) is 2.58. The lowest BCUT2D eigenvalue weighted by Crippen LogP contribution is -2.13. The van der Waals surface area contributed by atoms with Gasteiger partial charge in [0.2, 0.25) is 0 Å². The molecular formula is C13H18N4. The van der Waals surface area contributed by atoms with Crippen molar-refractivity contribution in [2.75, 3.05) is 11.6 Å². The molecule has 1 aromatic carbocycles. The first-order valence-corrected chi connectivity index (χ1v) is 5.73. The third-order valence-electron chi connectivity index (χ3n) is 3.07. The zero-order valence-electron chi connectivity index (χ0n) is 10.2. The van der Waals surface area contributed by atoms with Crippen LogP contribution in [0.5, 0.6) is 0 Å². The largest absolute Gasteiger partial charge is 0.382 e. The molecule has 0 fully saturated rings. The molecule has 0 bridgehead atoms. The molecule has 0 saturated heterocycles. The summed E-state index contributed by atoms with van der Waals surface area (Å²) in [7, 11) is 0. The van der Waals surface area contributed by atoms with Gasteiger partial charge in [-0.1, -0.05) is 37.3 Å². The number of nitrogen functional groups attached to an aromatic ring is 2. The Morgan fingerprint density at radius 2 is 1.94 bits per heavy atom. The minimum atomic E-state index is 0.382. The molecule has 0 saturated carbocycles. The van der Waals surface area contributed by atoms with E-state index < -0.39 is 0 Å². The Bertz CT molecular complexity index is 502. The number of hydrogen-bond acceptors (Lipinski definition) is 3. The van der Waals surface area contributed by atoms with Crippen molar-refractivity contribution >= 4 is 5.82 Å². The second-order valence-corrected chi connectivity index (χ2v) is 4.38. The molecular weight excluding hydrogens is 212 g/mol. The summed E-state index contributed by atoms with van der Waals surface area (Å²) in [5, 5.41) is 0. The van der Waals surface area contributed by atoms with Crippen molar-refractivity contribution in [2.45, 2.75) is 26.2 Å². The van der Waals surface area contributed by atoms with Gasteiger partial charge in [-0.05, 0) is 18.4 Å². The molecule has 0 aliphatic rings. The zero-order valence-corrected chi connectivity index (χ0v) is 10.2. The maximum absolute atomic E-state index is 5.91. The normalized spacial score (nSPS) is 12.6. The fraction of sp³-hybridized carbons (Fsp3) is 0.308. The molecule has 0 radical (unpaired) electrons.